The Morgan fingerprint density at radius 3 is 2.76 bits per heavy atom. The molecule has 1 aromatic carbocycles. The number of methoxy groups -OCH3 is 1. The van der Waals surface area contributed by atoms with Gasteiger partial charge in [-0.3, -0.25) is 4.79 Å². The molecule has 2 aromatic rings. The third-order valence-corrected chi connectivity index (χ3v) is 11.5. The van der Waals surface area contributed by atoms with E-state index < -0.39 is 0 Å². The second-order valence-electron chi connectivity index (χ2n) is 12.0. The van der Waals surface area contributed by atoms with Gasteiger partial charge in [-0.15, -0.1) is 11.3 Å². The van der Waals surface area contributed by atoms with Gasteiger partial charge in [-0.1, -0.05) is 49.6 Å². The highest BCUT2D eigenvalue weighted by atomic mass is 32.1. The zero-order valence-electron chi connectivity index (χ0n) is 22.6. The van der Waals surface area contributed by atoms with E-state index in [1.807, 2.05) is 11.3 Å². The summed E-state index contributed by atoms with van der Waals surface area (Å²) in [7, 11) is 1.76. The number of hydrogen-bond acceptors (Lipinski definition) is 5. The maximum absolute atomic E-state index is 14.6. The molecule has 1 N–H and O–H groups in total. The van der Waals surface area contributed by atoms with Crippen LogP contribution in [0.25, 0.3) is 0 Å². The van der Waals surface area contributed by atoms with E-state index in [1.165, 1.54) is 48.2 Å². The molecule has 1 aromatic heterocycles. The molecule has 2 saturated heterocycles. The fraction of sp³-hybridized carbons (Fsp3) is 0.677. The molecule has 1 unspecified atom stereocenters. The number of hydrogen-bond donors (Lipinski definition) is 1. The molecule has 200 valence electrons. The van der Waals surface area contributed by atoms with Gasteiger partial charge in [0.05, 0.1) is 11.6 Å². The minimum atomic E-state index is -0.110. The van der Waals surface area contributed by atoms with Gasteiger partial charge in [0.25, 0.3) is 0 Å². The second-order valence-corrected chi connectivity index (χ2v) is 13.1. The second kappa shape index (κ2) is 10.8. The van der Waals surface area contributed by atoms with Crippen LogP contribution < -0.4 is 5.32 Å². The number of piperidine rings is 1. The van der Waals surface area contributed by atoms with Crippen molar-refractivity contribution >= 4 is 17.2 Å². The molecule has 3 fully saturated rings. The lowest BCUT2D eigenvalue weighted by Crippen LogP contribution is -2.55. The van der Waals surface area contributed by atoms with Crippen LogP contribution >= 0.6 is 11.3 Å². The third kappa shape index (κ3) is 4.68. The maximum Gasteiger partial charge on any atom is 0.228 e. The molecule has 3 heterocycles. The molecule has 5 atom stereocenters. The fourth-order valence-corrected chi connectivity index (χ4v) is 9.35. The van der Waals surface area contributed by atoms with Gasteiger partial charge in [0.2, 0.25) is 5.91 Å². The van der Waals surface area contributed by atoms with Gasteiger partial charge in [-0.2, -0.15) is 0 Å². The van der Waals surface area contributed by atoms with E-state index in [0.717, 1.165) is 56.7 Å². The smallest absolute Gasteiger partial charge is 0.228 e. The number of aryl methyl sites for hydroxylation is 1. The fourth-order valence-electron chi connectivity index (χ4n) is 7.94. The largest absolute Gasteiger partial charge is 0.375 e. The Morgan fingerprint density at radius 2 is 1.97 bits per heavy atom. The van der Waals surface area contributed by atoms with Crippen molar-refractivity contribution in [2.75, 3.05) is 26.7 Å². The van der Waals surface area contributed by atoms with E-state index in [9.17, 15) is 4.79 Å². The number of fused-ring (bicyclic) bond motifs is 2. The van der Waals surface area contributed by atoms with Gasteiger partial charge in [-0.05, 0) is 69.3 Å². The molecule has 2 aliphatic carbocycles. The number of carbonyl (C=O) groups excluding carboxylic acids is 1. The summed E-state index contributed by atoms with van der Waals surface area (Å²) in [6.45, 7) is 4.67. The van der Waals surface area contributed by atoms with E-state index >= 15 is 0 Å². The van der Waals surface area contributed by atoms with Crippen molar-refractivity contribution in [2.45, 2.75) is 94.6 Å². The van der Waals surface area contributed by atoms with Crippen molar-refractivity contribution in [1.82, 2.24) is 15.2 Å². The minimum Gasteiger partial charge on any atom is -0.375 e. The predicted octanol–water partition coefficient (Wildman–Crippen LogP) is 6.00. The van der Waals surface area contributed by atoms with Crippen LogP contribution in [-0.4, -0.2) is 48.6 Å². The standard InChI is InChI=1S/C31H43N3O2S/c1-21(36-2)29-33-26-14-9-16-31(28(26)37-29)20-32-19-25(31)30(35)34-17-15-24(22-10-5-3-6-11-22)18-27(34)23-12-7-4-8-13-23/h3,5-6,10-11,21,23-25,27,32H,4,7-9,12-20H2,1-2H3/t21?,24-,25+,27+,31-/m1/s1. The van der Waals surface area contributed by atoms with Gasteiger partial charge in [0.1, 0.15) is 11.1 Å². The molecule has 5 nitrogen and oxygen atoms in total. The number of aromatic nitrogens is 1. The van der Waals surface area contributed by atoms with Gasteiger partial charge in [0.15, 0.2) is 0 Å². The summed E-state index contributed by atoms with van der Waals surface area (Å²) in [4.78, 5) is 23.4. The summed E-state index contributed by atoms with van der Waals surface area (Å²) in [5.74, 6) is 1.63. The quantitative estimate of drug-likeness (QED) is 0.524. The van der Waals surface area contributed by atoms with Gasteiger partial charge in [-0.25, -0.2) is 4.98 Å². The molecule has 4 aliphatic rings. The van der Waals surface area contributed by atoms with E-state index in [-0.39, 0.29) is 17.4 Å². The number of thiazole rings is 1. The van der Waals surface area contributed by atoms with Crippen molar-refractivity contribution in [1.29, 1.82) is 0 Å². The summed E-state index contributed by atoms with van der Waals surface area (Å²) in [5.41, 5.74) is 2.57. The lowest BCUT2D eigenvalue weighted by Gasteiger charge is -2.47. The summed E-state index contributed by atoms with van der Waals surface area (Å²) in [6.07, 6.45) is 12.0. The minimum absolute atomic E-state index is 0.00357. The molecule has 1 spiro atoms. The lowest BCUT2D eigenvalue weighted by molar-refractivity contribution is -0.143. The average Bonchev–Trinajstić information content (AvgIpc) is 3.59. The Bertz CT molecular complexity index is 1080. The zero-order valence-corrected chi connectivity index (χ0v) is 23.4. The van der Waals surface area contributed by atoms with Crippen LogP contribution in [-0.2, 0) is 21.4 Å². The van der Waals surface area contributed by atoms with Crippen molar-refractivity contribution in [3.05, 3.63) is 51.5 Å². The summed E-state index contributed by atoms with van der Waals surface area (Å²) >= 11 is 1.81. The summed E-state index contributed by atoms with van der Waals surface area (Å²) in [6, 6.07) is 11.4. The molecular weight excluding hydrogens is 478 g/mol. The number of nitrogens with one attached hydrogen (secondary N) is 1. The number of benzene rings is 1. The highest BCUT2D eigenvalue weighted by Crippen LogP contribution is 2.50. The third-order valence-electron chi connectivity index (χ3n) is 10.1. The Balaban J connectivity index is 1.30. The summed E-state index contributed by atoms with van der Waals surface area (Å²) in [5, 5.41) is 4.74. The molecule has 37 heavy (non-hydrogen) atoms. The van der Waals surface area contributed by atoms with Crippen LogP contribution in [0.2, 0.25) is 0 Å². The van der Waals surface area contributed by atoms with Gasteiger partial charge in [0, 0.05) is 43.1 Å². The van der Waals surface area contributed by atoms with Crippen LogP contribution in [0.4, 0.5) is 0 Å². The number of rotatable bonds is 5. The van der Waals surface area contributed by atoms with Crippen LogP contribution in [0.1, 0.15) is 97.9 Å². The monoisotopic (exact) mass is 521 g/mol. The van der Waals surface area contributed by atoms with Crippen molar-refractivity contribution in [2.24, 2.45) is 11.8 Å². The summed E-state index contributed by atoms with van der Waals surface area (Å²) < 4.78 is 5.62. The predicted molar refractivity (Wildman–Crippen MR) is 149 cm³/mol. The maximum atomic E-state index is 14.6. The molecule has 0 radical (unpaired) electrons. The number of amides is 1. The SMILES string of the molecule is COC(C)c1nc2c(s1)[C@]1(CCC2)CNC[C@H]1C(=O)N1CC[C@@H](c2ccccc2)C[C@H]1C1CCCCC1. The molecule has 6 heteroatoms. The Morgan fingerprint density at radius 1 is 1.16 bits per heavy atom. The Labute approximate surface area is 226 Å². The van der Waals surface area contributed by atoms with E-state index in [4.69, 9.17) is 9.72 Å². The molecule has 2 aliphatic heterocycles. The molecule has 0 bridgehead atoms. The van der Waals surface area contributed by atoms with E-state index in [2.05, 4.69) is 47.5 Å². The van der Waals surface area contributed by atoms with Crippen LogP contribution in [0, 0.1) is 11.8 Å². The van der Waals surface area contributed by atoms with E-state index in [1.54, 1.807) is 7.11 Å². The first-order chi connectivity index (χ1) is 18.1. The highest BCUT2D eigenvalue weighted by Gasteiger charge is 2.53. The average molecular weight is 522 g/mol. The van der Waals surface area contributed by atoms with Crippen molar-refractivity contribution in [3.8, 4) is 0 Å². The van der Waals surface area contributed by atoms with Gasteiger partial charge < -0.3 is 15.0 Å². The molecular formula is C31H43N3O2S. The van der Waals surface area contributed by atoms with Crippen LogP contribution in [0.3, 0.4) is 0 Å². The Kier molecular flexibility index (Phi) is 7.43. The van der Waals surface area contributed by atoms with Crippen LogP contribution in [0.5, 0.6) is 0 Å². The zero-order chi connectivity index (χ0) is 25.4. The van der Waals surface area contributed by atoms with Crippen molar-refractivity contribution < 1.29 is 9.53 Å². The first-order valence-electron chi connectivity index (χ1n) is 14.7. The molecule has 6 rings (SSSR count). The molecule has 1 saturated carbocycles. The topological polar surface area (TPSA) is 54.5 Å². The highest BCUT2D eigenvalue weighted by molar-refractivity contribution is 7.12. The molecule has 1 amide bonds. The normalized spacial score (nSPS) is 31.4. The first-order valence-corrected chi connectivity index (χ1v) is 15.5. The van der Waals surface area contributed by atoms with Crippen molar-refractivity contribution in [3.63, 3.8) is 0 Å². The number of ether oxygens (including phenoxy) is 1. The number of likely N-dealkylation sites (tertiary alicyclic amines) is 1. The number of nitrogens with zero attached hydrogens (tertiary/aromatic N) is 2. The Hall–Kier alpha value is -1.76. The van der Waals surface area contributed by atoms with Gasteiger partial charge >= 0.3 is 0 Å². The number of carbonyl (C=O) groups is 1. The van der Waals surface area contributed by atoms with E-state index in [0.29, 0.717) is 23.8 Å². The first kappa shape index (κ1) is 25.5. The lowest BCUT2D eigenvalue weighted by atomic mass is 9.68. The van der Waals surface area contributed by atoms with Crippen LogP contribution in [0.15, 0.2) is 30.3 Å².